The number of halogens is 1. The van der Waals surface area contributed by atoms with Crippen LogP contribution in [0.15, 0.2) is 42.7 Å². The molecule has 0 aliphatic carbocycles. The van der Waals surface area contributed by atoms with E-state index >= 15 is 0 Å². The molecule has 0 spiro atoms. The van der Waals surface area contributed by atoms with E-state index < -0.39 is 0 Å². The average Bonchev–Trinajstić information content (AvgIpc) is 2.29. The van der Waals surface area contributed by atoms with Gasteiger partial charge in [-0.15, -0.1) is 11.6 Å². The first-order valence-electron chi connectivity index (χ1n) is 4.66. The number of alkyl halides is 1. The first-order chi connectivity index (χ1) is 7.33. The number of rotatable bonds is 2. The third-order valence-corrected chi connectivity index (χ3v) is 2.55. The van der Waals surface area contributed by atoms with E-state index in [0.717, 1.165) is 16.7 Å². The fourth-order valence-electron chi connectivity index (χ4n) is 1.58. The van der Waals surface area contributed by atoms with Gasteiger partial charge in [-0.3, -0.25) is 4.98 Å². The van der Waals surface area contributed by atoms with Crippen molar-refractivity contribution in [2.24, 2.45) is 0 Å². The Kier molecular flexibility index (Phi) is 2.88. The van der Waals surface area contributed by atoms with Crippen LogP contribution in [0.5, 0.6) is 0 Å². The zero-order valence-electron chi connectivity index (χ0n) is 8.15. The first-order valence-corrected chi connectivity index (χ1v) is 5.20. The summed E-state index contributed by atoms with van der Waals surface area (Å²) in [5.74, 6) is 0.419. The lowest BCUT2D eigenvalue weighted by Crippen LogP contribution is -1.95. The Morgan fingerprint density at radius 3 is 2.53 bits per heavy atom. The summed E-state index contributed by atoms with van der Waals surface area (Å²) in [5.41, 5.74) is 9.60. The van der Waals surface area contributed by atoms with E-state index in [1.165, 1.54) is 0 Å². The van der Waals surface area contributed by atoms with Gasteiger partial charge < -0.3 is 5.73 Å². The molecular weight excluding hydrogens is 208 g/mol. The molecule has 0 amide bonds. The van der Waals surface area contributed by atoms with Gasteiger partial charge in [0.1, 0.15) is 0 Å². The molecule has 0 bridgehead atoms. The summed E-state index contributed by atoms with van der Waals surface area (Å²) in [6.07, 6.45) is 3.41. The van der Waals surface area contributed by atoms with Gasteiger partial charge in [-0.2, -0.15) is 0 Å². The molecule has 3 heteroatoms. The summed E-state index contributed by atoms with van der Waals surface area (Å²) < 4.78 is 0. The molecule has 1 aromatic carbocycles. The van der Waals surface area contributed by atoms with E-state index in [1.54, 1.807) is 12.4 Å². The van der Waals surface area contributed by atoms with Gasteiger partial charge in [-0.25, -0.2) is 0 Å². The van der Waals surface area contributed by atoms with Crippen molar-refractivity contribution >= 4 is 17.3 Å². The number of aromatic nitrogens is 1. The average molecular weight is 219 g/mol. The molecule has 2 N–H and O–H groups in total. The number of nitrogens with zero attached hydrogens (tertiary/aromatic N) is 1. The lowest BCUT2D eigenvalue weighted by molar-refractivity contribution is 1.25. The molecule has 0 aliphatic rings. The molecule has 0 unspecified atom stereocenters. The van der Waals surface area contributed by atoms with Crippen molar-refractivity contribution in [2.75, 3.05) is 5.73 Å². The highest BCUT2D eigenvalue weighted by Crippen LogP contribution is 2.29. The molecule has 2 rings (SSSR count). The minimum Gasteiger partial charge on any atom is -0.397 e. The maximum atomic E-state index is 5.91. The van der Waals surface area contributed by atoms with Crippen LogP contribution < -0.4 is 5.73 Å². The van der Waals surface area contributed by atoms with E-state index in [2.05, 4.69) is 4.98 Å². The Balaban J connectivity index is 2.61. The highest BCUT2D eigenvalue weighted by Gasteiger charge is 2.07. The second kappa shape index (κ2) is 4.32. The summed E-state index contributed by atoms with van der Waals surface area (Å²) in [7, 11) is 0. The molecule has 76 valence electrons. The Hall–Kier alpha value is -1.54. The van der Waals surface area contributed by atoms with Crippen LogP contribution in [-0.4, -0.2) is 4.98 Å². The third-order valence-electron chi connectivity index (χ3n) is 2.26. The minimum absolute atomic E-state index is 0.419. The molecule has 0 saturated heterocycles. The van der Waals surface area contributed by atoms with Gasteiger partial charge in [0.25, 0.3) is 0 Å². The minimum atomic E-state index is 0.419. The van der Waals surface area contributed by atoms with Crippen molar-refractivity contribution in [2.45, 2.75) is 5.88 Å². The zero-order valence-corrected chi connectivity index (χ0v) is 8.91. The van der Waals surface area contributed by atoms with Gasteiger partial charge in [-0.1, -0.05) is 30.3 Å². The van der Waals surface area contributed by atoms with E-state index in [1.807, 2.05) is 30.3 Å². The van der Waals surface area contributed by atoms with Crippen molar-refractivity contribution in [1.82, 2.24) is 4.98 Å². The predicted molar refractivity (Wildman–Crippen MR) is 63.6 cm³/mol. The second-order valence-corrected chi connectivity index (χ2v) is 3.53. The molecule has 0 saturated carbocycles. The number of hydrogen-bond donors (Lipinski definition) is 1. The van der Waals surface area contributed by atoms with Crippen molar-refractivity contribution in [3.05, 3.63) is 48.3 Å². The summed E-state index contributed by atoms with van der Waals surface area (Å²) in [6, 6.07) is 9.96. The molecule has 0 atom stereocenters. The van der Waals surface area contributed by atoms with Gasteiger partial charge in [0.15, 0.2) is 0 Å². The number of nitrogens with two attached hydrogens (primary N) is 1. The largest absolute Gasteiger partial charge is 0.397 e. The van der Waals surface area contributed by atoms with E-state index in [0.29, 0.717) is 11.6 Å². The second-order valence-electron chi connectivity index (χ2n) is 3.26. The molecule has 2 aromatic rings. The van der Waals surface area contributed by atoms with Crippen molar-refractivity contribution in [3.63, 3.8) is 0 Å². The molecule has 15 heavy (non-hydrogen) atoms. The van der Waals surface area contributed by atoms with Crippen molar-refractivity contribution in [3.8, 4) is 11.1 Å². The maximum Gasteiger partial charge on any atom is 0.0583 e. The molecule has 0 fully saturated rings. The van der Waals surface area contributed by atoms with Crippen molar-refractivity contribution < 1.29 is 0 Å². The Morgan fingerprint density at radius 1 is 1.13 bits per heavy atom. The molecule has 0 radical (unpaired) electrons. The van der Waals surface area contributed by atoms with Crippen LogP contribution in [0, 0.1) is 0 Å². The number of hydrogen-bond acceptors (Lipinski definition) is 2. The van der Waals surface area contributed by atoms with Gasteiger partial charge in [0.05, 0.1) is 11.9 Å². The van der Waals surface area contributed by atoms with Gasteiger partial charge in [0.2, 0.25) is 0 Å². The van der Waals surface area contributed by atoms with Crippen LogP contribution in [0.4, 0.5) is 5.69 Å². The van der Waals surface area contributed by atoms with Crippen LogP contribution in [0.2, 0.25) is 0 Å². The van der Waals surface area contributed by atoms with E-state index in [4.69, 9.17) is 17.3 Å². The number of pyridine rings is 1. The quantitative estimate of drug-likeness (QED) is 0.787. The maximum absolute atomic E-state index is 5.91. The number of nitrogen functional groups attached to an aromatic ring is 1. The van der Waals surface area contributed by atoms with Crippen LogP contribution >= 0.6 is 11.6 Å². The highest BCUT2D eigenvalue weighted by molar-refractivity contribution is 6.17. The standard InChI is InChI=1S/C12H11ClN2/c13-6-10-7-15-8-11(14)12(10)9-4-2-1-3-5-9/h1-5,7-8H,6,14H2. The van der Waals surface area contributed by atoms with Crippen LogP contribution in [-0.2, 0) is 5.88 Å². The van der Waals surface area contributed by atoms with Crippen LogP contribution in [0.1, 0.15) is 5.56 Å². The van der Waals surface area contributed by atoms with Crippen LogP contribution in [0.3, 0.4) is 0 Å². The smallest absolute Gasteiger partial charge is 0.0583 e. The number of anilines is 1. The van der Waals surface area contributed by atoms with Gasteiger partial charge in [0, 0.05) is 17.6 Å². The normalized spacial score (nSPS) is 10.2. The SMILES string of the molecule is Nc1cncc(CCl)c1-c1ccccc1. The summed E-state index contributed by atoms with van der Waals surface area (Å²) in [6.45, 7) is 0. The summed E-state index contributed by atoms with van der Waals surface area (Å²) in [4.78, 5) is 4.03. The lowest BCUT2D eigenvalue weighted by atomic mass is 10.0. The fourth-order valence-corrected chi connectivity index (χ4v) is 1.78. The monoisotopic (exact) mass is 218 g/mol. The highest BCUT2D eigenvalue weighted by atomic mass is 35.5. The van der Waals surface area contributed by atoms with Gasteiger partial charge >= 0.3 is 0 Å². The molecule has 1 heterocycles. The van der Waals surface area contributed by atoms with Crippen molar-refractivity contribution in [1.29, 1.82) is 0 Å². The Morgan fingerprint density at radius 2 is 1.87 bits per heavy atom. The third kappa shape index (κ3) is 1.95. The zero-order chi connectivity index (χ0) is 10.7. The predicted octanol–water partition coefficient (Wildman–Crippen LogP) is 3.07. The van der Waals surface area contributed by atoms with Crippen LogP contribution in [0.25, 0.3) is 11.1 Å². The fraction of sp³-hybridized carbons (Fsp3) is 0.0833. The molecule has 2 nitrogen and oxygen atoms in total. The van der Waals surface area contributed by atoms with E-state index in [9.17, 15) is 0 Å². The Bertz CT molecular complexity index is 454. The topological polar surface area (TPSA) is 38.9 Å². The number of benzene rings is 1. The molecule has 1 aromatic heterocycles. The first kappa shape index (κ1) is 9.99. The lowest BCUT2D eigenvalue weighted by Gasteiger charge is -2.09. The molecular formula is C12H11ClN2. The summed E-state index contributed by atoms with van der Waals surface area (Å²) in [5, 5.41) is 0. The van der Waals surface area contributed by atoms with E-state index in [-0.39, 0.29) is 0 Å². The van der Waals surface area contributed by atoms with Gasteiger partial charge in [-0.05, 0) is 11.1 Å². The Labute approximate surface area is 93.7 Å². The summed E-state index contributed by atoms with van der Waals surface area (Å²) >= 11 is 5.86. The molecule has 0 aliphatic heterocycles.